The van der Waals surface area contributed by atoms with Crippen molar-refractivity contribution in [2.45, 2.75) is 51.2 Å². The van der Waals surface area contributed by atoms with Gasteiger partial charge in [-0.3, -0.25) is 4.79 Å². The van der Waals surface area contributed by atoms with Gasteiger partial charge in [0.15, 0.2) is 0 Å². The summed E-state index contributed by atoms with van der Waals surface area (Å²) in [6.45, 7) is 2.85. The van der Waals surface area contributed by atoms with E-state index in [-0.39, 0.29) is 5.56 Å². The van der Waals surface area contributed by atoms with Crippen molar-refractivity contribution < 1.29 is 22.7 Å². The van der Waals surface area contributed by atoms with Crippen LogP contribution < -0.4 is 10.1 Å². The molecule has 1 saturated heterocycles. The number of ether oxygens (including phenoxy) is 1. The zero-order chi connectivity index (χ0) is 24.7. The highest BCUT2D eigenvalue weighted by molar-refractivity contribution is 9.10. The molecule has 1 aliphatic heterocycles. The maximum absolute atomic E-state index is 12.4. The molecule has 0 aromatic heterocycles. The van der Waals surface area contributed by atoms with Crippen LogP contribution in [0.4, 0.5) is 13.2 Å². The van der Waals surface area contributed by atoms with E-state index in [1.807, 2.05) is 23.5 Å². The highest BCUT2D eigenvalue weighted by Crippen LogP contribution is 2.30. The molecule has 3 rings (SSSR count). The summed E-state index contributed by atoms with van der Waals surface area (Å²) in [5.41, 5.74) is 2.50. The van der Waals surface area contributed by atoms with E-state index >= 15 is 0 Å². The summed E-state index contributed by atoms with van der Waals surface area (Å²) in [4.78, 5) is 14.6. The van der Waals surface area contributed by atoms with E-state index < -0.39 is 18.6 Å². The molecule has 0 spiro atoms. The van der Waals surface area contributed by atoms with Crippen molar-refractivity contribution in [3.63, 3.8) is 0 Å². The van der Waals surface area contributed by atoms with Gasteiger partial charge in [-0.05, 0) is 92.6 Å². The molecule has 1 aliphatic rings. The third kappa shape index (κ3) is 7.73. The number of alkyl halides is 3. The van der Waals surface area contributed by atoms with Crippen LogP contribution in [0.25, 0.3) is 0 Å². The zero-order valence-electron chi connectivity index (χ0n) is 19.6. The van der Waals surface area contributed by atoms with Crippen molar-refractivity contribution in [1.29, 1.82) is 0 Å². The smallest absolute Gasteiger partial charge is 0.405 e. The second kappa shape index (κ2) is 12.1. The normalized spacial score (nSPS) is 16.3. The highest BCUT2D eigenvalue weighted by atomic mass is 79.9. The summed E-state index contributed by atoms with van der Waals surface area (Å²) in [6, 6.07) is 13.4. The van der Waals surface area contributed by atoms with Gasteiger partial charge in [-0.25, -0.2) is 0 Å². The molecule has 34 heavy (non-hydrogen) atoms. The second-order valence-corrected chi connectivity index (χ2v) is 9.76. The van der Waals surface area contributed by atoms with Crippen molar-refractivity contribution in [3.05, 3.63) is 63.6 Å². The molecule has 8 heteroatoms. The summed E-state index contributed by atoms with van der Waals surface area (Å²) >= 11 is 3.66. The van der Waals surface area contributed by atoms with E-state index in [2.05, 4.69) is 33.8 Å². The fourth-order valence-corrected chi connectivity index (χ4v) is 5.00. The first-order valence-corrected chi connectivity index (χ1v) is 12.5. The second-order valence-electron chi connectivity index (χ2n) is 8.91. The van der Waals surface area contributed by atoms with Crippen molar-refractivity contribution in [2.24, 2.45) is 5.92 Å². The van der Waals surface area contributed by atoms with Gasteiger partial charge in [0, 0.05) is 16.1 Å². The van der Waals surface area contributed by atoms with Crippen LogP contribution in [0.15, 0.2) is 46.9 Å². The number of likely N-dealkylation sites (tertiary alicyclic amines) is 1. The molecule has 2 aromatic rings. The van der Waals surface area contributed by atoms with Gasteiger partial charge in [0.25, 0.3) is 5.91 Å². The van der Waals surface area contributed by atoms with Crippen molar-refractivity contribution in [1.82, 2.24) is 10.2 Å². The predicted molar refractivity (Wildman–Crippen MR) is 131 cm³/mol. The van der Waals surface area contributed by atoms with Crippen molar-refractivity contribution in [3.8, 4) is 5.75 Å². The van der Waals surface area contributed by atoms with Gasteiger partial charge in [-0.15, -0.1) is 0 Å². The molecule has 0 aliphatic carbocycles. The lowest BCUT2D eigenvalue weighted by Gasteiger charge is -2.37. The minimum Gasteiger partial charge on any atom is -0.497 e. The van der Waals surface area contributed by atoms with Gasteiger partial charge in [0.05, 0.1) is 7.11 Å². The Labute approximate surface area is 208 Å². The van der Waals surface area contributed by atoms with Crippen LogP contribution in [0, 0.1) is 5.92 Å². The van der Waals surface area contributed by atoms with Crippen LogP contribution in [0.3, 0.4) is 0 Å². The van der Waals surface area contributed by atoms with Crippen LogP contribution in [0.1, 0.15) is 47.7 Å². The fraction of sp³-hybridized carbons (Fsp3) is 0.500. The van der Waals surface area contributed by atoms with Crippen molar-refractivity contribution in [2.75, 3.05) is 26.7 Å². The number of rotatable bonds is 9. The number of carbonyl (C=O) groups is 1. The van der Waals surface area contributed by atoms with E-state index in [1.165, 1.54) is 5.56 Å². The Morgan fingerprint density at radius 1 is 1.21 bits per heavy atom. The lowest BCUT2D eigenvalue weighted by atomic mass is 9.88. The SMILES string of the molecule is CCC(Cc1cccc(C(=O)NCC(F)(F)F)c1)N1CCC(Cc2cc(OC)ccc2Br)CC1. The molecule has 0 saturated carbocycles. The van der Waals surface area contributed by atoms with Crippen LogP contribution in [-0.2, 0) is 12.8 Å². The monoisotopic (exact) mass is 540 g/mol. The number of methoxy groups -OCH3 is 1. The van der Waals surface area contributed by atoms with E-state index in [0.29, 0.717) is 12.0 Å². The summed E-state index contributed by atoms with van der Waals surface area (Å²) in [5.74, 6) is 0.783. The molecule has 0 radical (unpaired) electrons. The number of halogens is 4. The first-order chi connectivity index (χ1) is 16.2. The Kier molecular flexibility index (Phi) is 9.42. The number of nitrogens with zero attached hydrogens (tertiary/aromatic N) is 1. The first kappa shape index (κ1) is 26.5. The van der Waals surface area contributed by atoms with Crippen LogP contribution >= 0.6 is 15.9 Å². The number of carbonyl (C=O) groups excluding carboxylic acids is 1. The Morgan fingerprint density at radius 2 is 1.94 bits per heavy atom. The third-order valence-corrected chi connectivity index (χ3v) is 7.28. The maximum atomic E-state index is 12.4. The number of amides is 1. The van der Waals surface area contributed by atoms with Crippen LogP contribution in [0.5, 0.6) is 5.75 Å². The number of hydrogen-bond acceptors (Lipinski definition) is 3. The Balaban J connectivity index is 1.55. The van der Waals surface area contributed by atoms with E-state index in [9.17, 15) is 18.0 Å². The lowest BCUT2D eigenvalue weighted by molar-refractivity contribution is -0.123. The molecule has 0 bridgehead atoms. The number of nitrogens with one attached hydrogen (secondary N) is 1. The molecule has 1 fully saturated rings. The van der Waals surface area contributed by atoms with E-state index in [0.717, 1.165) is 61.0 Å². The Bertz CT molecular complexity index is 959. The van der Waals surface area contributed by atoms with E-state index in [4.69, 9.17) is 4.74 Å². The van der Waals surface area contributed by atoms with Gasteiger partial charge in [-0.2, -0.15) is 13.2 Å². The molecular weight excluding hydrogens is 509 g/mol. The number of hydrogen-bond donors (Lipinski definition) is 1. The van der Waals surface area contributed by atoms with E-state index in [1.54, 1.807) is 25.3 Å². The number of benzene rings is 2. The number of piperidine rings is 1. The molecule has 1 amide bonds. The summed E-state index contributed by atoms with van der Waals surface area (Å²) in [5, 5.41) is 1.95. The Morgan fingerprint density at radius 3 is 2.59 bits per heavy atom. The third-order valence-electron chi connectivity index (χ3n) is 6.51. The molecule has 2 aromatic carbocycles. The topological polar surface area (TPSA) is 41.6 Å². The minimum atomic E-state index is -4.42. The quantitative estimate of drug-likeness (QED) is 0.422. The van der Waals surface area contributed by atoms with Gasteiger partial charge in [0.1, 0.15) is 12.3 Å². The largest absolute Gasteiger partial charge is 0.497 e. The highest BCUT2D eigenvalue weighted by Gasteiger charge is 2.28. The summed E-state index contributed by atoms with van der Waals surface area (Å²) < 4.78 is 43.7. The van der Waals surface area contributed by atoms with Gasteiger partial charge in [0.2, 0.25) is 0 Å². The molecular formula is C26H32BrF3N2O2. The molecule has 4 nitrogen and oxygen atoms in total. The van der Waals surface area contributed by atoms with Gasteiger partial charge >= 0.3 is 6.18 Å². The minimum absolute atomic E-state index is 0.263. The van der Waals surface area contributed by atoms with Crippen LogP contribution in [0.2, 0.25) is 0 Å². The predicted octanol–water partition coefficient (Wildman–Crippen LogP) is 6.03. The average Bonchev–Trinajstić information content (AvgIpc) is 2.82. The molecule has 1 N–H and O–H groups in total. The fourth-order valence-electron chi connectivity index (χ4n) is 4.59. The Hall–Kier alpha value is -2.06. The molecule has 1 atom stereocenters. The molecule has 186 valence electrons. The molecule has 1 unspecified atom stereocenters. The lowest BCUT2D eigenvalue weighted by Crippen LogP contribution is -2.42. The summed E-state index contributed by atoms with van der Waals surface area (Å²) in [7, 11) is 1.68. The maximum Gasteiger partial charge on any atom is 0.405 e. The van der Waals surface area contributed by atoms with Crippen molar-refractivity contribution >= 4 is 21.8 Å². The van der Waals surface area contributed by atoms with Gasteiger partial charge in [-0.1, -0.05) is 35.0 Å². The molecule has 1 heterocycles. The first-order valence-electron chi connectivity index (χ1n) is 11.7. The standard InChI is InChI=1S/C26H32BrF3N2O2/c1-3-22(15-19-5-4-6-20(14-19)25(33)31-17-26(28,29)30)32-11-9-18(10-12-32)13-21-16-23(34-2)7-8-24(21)27/h4-8,14,16,18,22H,3,9-13,15,17H2,1-2H3,(H,31,33). The summed E-state index contributed by atoms with van der Waals surface area (Å²) in [6.07, 6.45) is 0.548. The average molecular weight is 541 g/mol. The van der Waals surface area contributed by atoms with Crippen LogP contribution in [-0.4, -0.2) is 49.8 Å². The van der Waals surface area contributed by atoms with Gasteiger partial charge < -0.3 is 15.0 Å². The zero-order valence-corrected chi connectivity index (χ0v) is 21.2.